The summed E-state index contributed by atoms with van der Waals surface area (Å²) in [5.41, 5.74) is 0. The quantitative estimate of drug-likeness (QED) is 0.746. The van der Waals surface area contributed by atoms with E-state index in [1.54, 1.807) is 13.3 Å². The van der Waals surface area contributed by atoms with Crippen molar-refractivity contribution in [1.82, 2.24) is 14.9 Å². The van der Waals surface area contributed by atoms with Gasteiger partial charge in [0.05, 0.1) is 17.8 Å². The standard InChI is InChI=1S/C12H21BrN4O/c1-4-17(5-2)8-6-7-14-12-15-9-10(13)11(16-12)18-3/h9H,4-8H2,1-3H3,(H,14,15,16). The Morgan fingerprint density at radius 3 is 2.72 bits per heavy atom. The zero-order chi connectivity index (χ0) is 13.4. The van der Waals surface area contributed by atoms with Gasteiger partial charge in [-0.05, 0) is 42.0 Å². The molecule has 0 bridgehead atoms. The molecule has 18 heavy (non-hydrogen) atoms. The van der Waals surface area contributed by atoms with Crippen LogP contribution in [0.1, 0.15) is 20.3 Å². The summed E-state index contributed by atoms with van der Waals surface area (Å²) in [4.78, 5) is 10.8. The van der Waals surface area contributed by atoms with Crippen LogP contribution in [0, 0.1) is 0 Å². The summed E-state index contributed by atoms with van der Waals surface area (Å²) < 4.78 is 5.88. The zero-order valence-corrected chi connectivity index (χ0v) is 12.8. The van der Waals surface area contributed by atoms with E-state index in [0.29, 0.717) is 11.8 Å². The lowest BCUT2D eigenvalue weighted by Gasteiger charge is -2.17. The molecule has 0 saturated heterocycles. The van der Waals surface area contributed by atoms with Gasteiger partial charge < -0.3 is 15.0 Å². The van der Waals surface area contributed by atoms with Crippen LogP contribution in [0.25, 0.3) is 0 Å². The van der Waals surface area contributed by atoms with E-state index in [0.717, 1.165) is 37.1 Å². The number of nitrogens with one attached hydrogen (secondary N) is 1. The Bertz CT molecular complexity index is 358. The minimum Gasteiger partial charge on any atom is -0.480 e. The molecule has 0 spiro atoms. The molecule has 1 aromatic rings. The van der Waals surface area contributed by atoms with Gasteiger partial charge in [-0.15, -0.1) is 0 Å². The molecule has 0 aliphatic rings. The molecule has 0 radical (unpaired) electrons. The highest BCUT2D eigenvalue weighted by Gasteiger charge is 2.04. The Kier molecular flexibility index (Phi) is 6.97. The van der Waals surface area contributed by atoms with Crippen LogP contribution >= 0.6 is 15.9 Å². The fraction of sp³-hybridized carbons (Fsp3) is 0.667. The van der Waals surface area contributed by atoms with E-state index >= 15 is 0 Å². The topological polar surface area (TPSA) is 50.3 Å². The fourth-order valence-corrected chi connectivity index (χ4v) is 1.98. The first kappa shape index (κ1) is 15.2. The lowest BCUT2D eigenvalue weighted by Crippen LogP contribution is -2.25. The highest BCUT2D eigenvalue weighted by atomic mass is 79.9. The third kappa shape index (κ3) is 4.78. The molecule has 0 aromatic carbocycles. The molecule has 1 heterocycles. The maximum Gasteiger partial charge on any atom is 0.232 e. The van der Waals surface area contributed by atoms with Crippen LogP contribution in [0.5, 0.6) is 5.88 Å². The predicted octanol–water partition coefficient (Wildman–Crippen LogP) is 2.39. The van der Waals surface area contributed by atoms with Gasteiger partial charge in [0.15, 0.2) is 0 Å². The zero-order valence-electron chi connectivity index (χ0n) is 11.2. The van der Waals surface area contributed by atoms with E-state index < -0.39 is 0 Å². The third-order valence-corrected chi connectivity index (χ3v) is 3.28. The Hall–Kier alpha value is -0.880. The average Bonchev–Trinajstić information content (AvgIpc) is 2.40. The molecular formula is C12H21BrN4O. The molecule has 1 N–H and O–H groups in total. The summed E-state index contributed by atoms with van der Waals surface area (Å²) in [5, 5.41) is 3.20. The number of aromatic nitrogens is 2. The molecule has 102 valence electrons. The van der Waals surface area contributed by atoms with Crippen molar-refractivity contribution < 1.29 is 4.74 Å². The van der Waals surface area contributed by atoms with Crippen molar-refractivity contribution in [1.29, 1.82) is 0 Å². The Balaban J connectivity index is 2.35. The number of hydrogen-bond acceptors (Lipinski definition) is 5. The predicted molar refractivity (Wildman–Crippen MR) is 77.2 cm³/mol. The van der Waals surface area contributed by atoms with Crippen molar-refractivity contribution in [2.75, 3.05) is 38.6 Å². The van der Waals surface area contributed by atoms with E-state index in [1.165, 1.54) is 0 Å². The minimum absolute atomic E-state index is 0.552. The number of methoxy groups -OCH3 is 1. The molecule has 0 amide bonds. The second-order valence-corrected chi connectivity index (χ2v) is 4.71. The summed E-state index contributed by atoms with van der Waals surface area (Å²) >= 11 is 3.33. The van der Waals surface area contributed by atoms with Crippen molar-refractivity contribution in [3.05, 3.63) is 10.7 Å². The monoisotopic (exact) mass is 316 g/mol. The Morgan fingerprint density at radius 1 is 1.39 bits per heavy atom. The van der Waals surface area contributed by atoms with Crippen LogP contribution in [-0.4, -0.2) is 48.2 Å². The van der Waals surface area contributed by atoms with Crippen LogP contribution in [0.3, 0.4) is 0 Å². The first-order chi connectivity index (χ1) is 8.71. The smallest absolute Gasteiger partial charge is 0.232 e. The number of nitrogens with zero attached hydrogens (tertiary/aromatic N) is 3. The van der Waals surface area contributed by atoms with Gasteiger partial charge in [0.25, 0.3) is 0 Å². The van der Waals surface area contributed by atoms with Gasteiger partial charge in [-0.3, -0.25) is 0 Å². The maximum atomic E-state index is 5.12. The second-order valence-electron chi connectivity index (χ2n) is 3.86. The fourth-order valence-electron chi connectivity index (χ4n) is 1.62. The van der Waals surface area contributed by atoms with Gasteiger partial charge in [0.2, 0.25) is 11.8 Å². The number of ether oxygens (including phenoxy) is 1. The van der Waals surface area contributed by atoms with E-state index in [-0.39, 0.29) is 0 Å². The van der Waals surface area contributed by atoms with Crippen molar-refractivity contribution in [2.24, 2.45) is 0 Å². The molecule has 5 nitrogen and oxygen atoms in total. The molecule has 0 fully saturated rings. The van der Waals surface area contributed by atoms with Crippen molar-refractivity contribution >= 4 is 21.9 Å². The van der Waals surface area contributed by atoms with Gasteiger partial charge in [0, 0.05) is 6.54 Å². The van der Waals surface area contributed by atoms with Gasteiger partial charge >= 0.3 is 0 Å². The molecule has 6 heteroatoms. The van der Waals surface area contributed by atoms with Gasteiger partial charge in [-0.25, -0.2) is 4.98 Å². The maximum absolute atomic E-state index is 5.12. The molecule has 0 saturated carbocycles. The number of halogens is 1. The molecule has 1 rings (SSSR count). The summed E-state index contributed by atoms with van der Waals surface area (Å²) in [6.45, 7) is 8.51. The number of anilines is 1. The van der Waals surface area contributed by atoms with Crippen molar-refractivity contribution in [2.45, 2.75) is 20.3 Å². The highest BCUT2D eigenvalue weighted by Crippen LogP contribution is 2.21. The third-order valence-electron chi connectivity index (χ3n) is 2.73. The first-order valence-electron chi connectivity index (χ1n) is 6.24. The van der Waals surface area contributed by atoms with Crippen molar-refractivity contribution in [3.63, 3.8) is 0 Å². The Labute approximate surface area is 117 Å². The normalized spacial score (nSPS) is 10.7. The highest BCUT2D eigenvalue weighted by molar-refractivity contribution is 9.10. The lowest BCUT2D eigenvalue weighted by molar-refractivity contribution is 0.303. The second kappa shape index (κ2) is 8.26. The molecule has 0 unspecified atom stereocenters. The summed E-state index contributed by atoms with van der Waals surface area (Å²) in [7, 11) is 1.59. The van der Waals surface area contributed by atoms with Crippen molar-refractivity contribution in [3.8, 4) is 5.88 Å². The SMILES string of the molecule is CCN(CC)CCCNc1ncc(Br)c(OC)n1. The minimum atomic E-state index is 0.552. The van der Waals surface area contributed by atoms with E-state index in [2.05, 4.69) is 50.0 Å². The molecule has 0 aliphatic carbocycles. The van der Waals surface area contributed by atoms with Crippen LogP contribution in [0.15, 0.2) is 10.7 Å². The molecule has 1 aromatic heterocycles. The summed E-state index contributed by atoms with van der Waals surface area (Å²) in [6.07, 6.45) is 2.77. The first-order valence-corrected chi connectivity index (χ1v) is 7.03. The lowest BCUT2D eigenvalue weighted by atomic mass is 10.3. The average molecular weight is 317 g/mol. The van der Waals surface area contributed by atoms with Crippen LogP contribution in [-0.2, 0) is 0 Å². The number of rotatable bonds is 8. The molecular weight excluding hydrogens is 296 g/mol. The van der Waals surface area contributed by atoms with Gasteiger partial charge in [0.1, 0.15) is 0 Å². The van der Waals surface area contributed by atoms with E-state index in [1.807, 2.05) is 0 Å². The van der Waals surface area contributed by atoms with Crippen LogP contribution < -0.4 is 10.1 Å². The number of hydrogen-bond donors (Lipinski definition) is 1. The Morgan fingerprint density at radius 2 is 2.11 bits per heavy atom. The van der Waals surface area contributed by atoms with Crippen LogP contribution in [0.4, 0.5) is 5.95 Å². The van der Waals surface area contributed by atoms with E-state index in [4.69, 9.17) is 4.74 Å². The largest absolute Gasteiger partial charge is 0.480 e. The molecule has 0 atom stereocenters. The van der Waals surface area contributed by atoms with Gasteiger partial charge in [-0.2, -0.15) is 4.98 Å². The van der Waals surface area contributed by atoms with E-state index in [9.17, 15) is 0 Å². The summed E-state index contributed by atoms with van der Waals surface area (Å²) in [6, 6.07) is 0. The van der Waals surface area contributed by atoms with Crippen LogP contribution in [0.2, 0.25) is 0 Å². The molecule has 0 aliphatic heterocycles. The summed E-state index contributed by atoms with van der Waals surface area (Å²) in [5.74, 6) is 1.16. The van der Waals surface area contributed by atoms with Gasteiger partial charge in [-0.1, -0.05) is 13.8 Å².